The van der Waals surface area contributed by atoms with Crippen LogP contribution in [-0.4, -0.2) is 30.6 Å². The van der Waals surface area contributed by atoms with E-state index in [2.05, 4.69) is 11.4 Å². The molecule has 1 atom stereocenters. The number of carbonyl (C=O) groups excluding carboxylic acids is 1. The van der Waals surface area contributed by atoms with E-state index in [4.69, 9.17) is 21.6 Å². The molecule has 1 aliphatic rings. The summed E-state index contributed by atoms with van der Waals surface area (Å²) in [7, 11) is 0. The fourth-order valence-corrected chi connectivity index (χ4v) is 2.84. The van der Waals surface area contributed by atoms with Gasteiger partial charge in [0.1, 0.15) is 6.10 Å². The Morgan fingerprint density at radius 1 is 1.24 bits per heavy atom. The highest BCUT2D eigenvalue weighted by Gasteiger charge is 2.25. The Morgan fingerprint density at radius 2 is 1.96 bits per heavy atom. The van der Waals surface area contributed by atoms with Gasteiger partial charge in [0.15, 0.2) is 0 Å². The zero-order valence-electron chi connectivity index (χ0n) is 13.6. The zero-order valence-corrected chi connectivity index (χ0v) is 14.4. The van der Waals surface area contributed by atoms with Crippen LogP contribution in [0, 0.1) is 11.3 Å². The van der Waals surface area contributed by atoms with Crippen LogP contribution in [0.2, 0.25) is 5.02 Å². The third kappa shape index (κ3) is 4.50. The molecule has 6 heteroatoms. The quantitative estimate of drug-likeness (QED) is 0.904. The molecule has 1 aliphatic heterocycles. The fraction of sp³-hybridized carbons (Fsp3) is 0.263. The highest BCUT2D eigenvalue weighted by molar-refractivity contribution is 6.30. The molecular formula is C19H18ClN3O2. The van der Waals surface area contributed by atoms with Gasteiger partial charge in [0.25, 0.3) is 0 Å². The summed E-state index contributed by atoms with van der Waals surface area (Å²) in [6.07, 6.45) is 0.204. The molecule has 5 nitrogen and oxygen atoms in total. The van der Waals surface area contributed by atoms with Crippen molar-refractivity contribution in [2.75, 3.05) is 25.0 Å². The van der Waals surface area contributed by atoms with Gasteiger partial charge in [0.05, 0.1) is 25.6 Å². The number of halogens is 1. The average Bonchev–Trinajstić information content (AvgIpc) is 2.64. The lowest BCUT2D eigenvalue weighted by Crippen LogP contribution is -2.44. The predicted octanol–water partition coefficient (Wildman–Crippen LogP) is 4.01. The van der Waals surface area contributed by atoms with Gasteiger partial charge in [-0.25, -0.2) is 4.79 Å². The second-order valence-corrected chi connectivity index (χ2v) is 6.26. The van der Waals surface area contributed by atoms with Crippen LogP contribution in [0.4, 0.5) is 10.5 Å². The second-order valence-electron chi connectivity index (χ2n) is 5.82. The van der Waals surface area contributed by atoms with Crippen molar-refractivity contribution in [2.24, 2.45) is 0 Å². The summed E-state index contributed by atoms with van der Waals surface area (Å²) in [5.41, 5.74) is 2.64. The lowest BCUT2D eigenvalue weighted by atomic mass is 10.1. The van der Waals surface area contributed by atoms with E-state index in [1.807, 2.05) is 48.5 Å². The summed E-state index contributed by atoms with van der Waals surface area (Å²) in [6.45, 7) is 1.52. The van der Waals surface area contributed by atoms with E-state index >= 15 is 0 Å². The van der Waals surface area contributed by atoms with E-state index in [9.17, 15) is 4.79 Å². The topological polar surface area (TPSA) is 65.4 Å². The molecule has 0 radical (unpaired) electrons. The summed E-state index contributed by atoms with van der Waals surface area (Å²) < 4.78 is 5.78. The Labute approximate surface area is 151 Å². The number of urea groups is 1. The van der Waals surface area contributed by atoms with Crippen LogP contribution < -0.4 is 5.32 Å². The number of nitriles is 1. The Morgan fingerprint density at radius 3 is 2.64 bits per heavy atom. The smallest absolute Gasteiger partial charge is 0.322 e. The van der Waals surface area contributed by atoms with Crippen molar-refractivity contribution in [2.45, 2.75) is 12.5 Å². The van der Waals surface area contributed by atoms with Crippen molar-refractivity contribution in [1.29, 1.82) is 5.26 Å². The largest absolute Gasteiger partial charge is 0.370 e. The first kappa shape index (κ1) is 17.3. The number of benzene rings is 2. The minimum Gasteiger partial charge on any atom is -0.370 e. The highest BCUT2D eigenvalue weighted by atomic mass is 35.5. The standard InChI is InChI=1S/C19H18ClN3O2/c20-16-5-3-15(4-6-16)18-13-23(11-12-25-18)19(24)22-17-7-1-14(2-8-17)9-10-21/h1-8,18H,9,11-13H2,(H,22,24). The number of carbonyl (C=O) groups is 1. The minimum absolute atomic E-state index is 0.157. The number of rotatable bonds is 3. The third-order valence-corrected chi connectivity index (χ3v) is 4.34. The summed E-state index contributed by atoms with van der Waals surface area (Å²) in [5, 5.41) is 12.3. The van der Waals surface area contributed by atoms with Crippen LogP contribution in [-0.2, 0) is 11.2 Å². The van der Waals surface area contributed by atoms with Crippen LogP contribution in [0.1, 0.15) is 17.2 Å². The maximum Gasteiger partial charge on any atom is 0.322 e. The normalized spacial score (nSPS) is 17.0. The minimum atomic E-state index is -0.158. The maximum absolute atomic E-state index is 12.5. The molecular weight excluding hydrogens is 338 g/mol. The fourth-order valence-electron chi connectivity index (χ4n) is 2.71. The zero-order chi connectivity index (χ0) is 17.6. The number of hydrogen-bond acceptors (Lipinski definition) is 3. The van der Waals surface area contributed by atoms with Gasteiger partial charge in [0.2, 0.25) is 0 Å². The third-order valence-electron chi connectivity index (χ3n) is 4.08. The van der Waals surface area contributed by atoms with Crippen molar-refractivity contribution in [1.82, 2.24) is 4.90 Å². The molecule has 2 amide bonds. The number of nitrogens with one attached hydrogen (secondary N) is 1. The van der Waals surface area contributed by atoms with Crippen molar-refractivity contribution >= 4 is 23.3 Å². The highest BCUT2D eigenvalue weighted by Crippen LogP contribution is 2.24. The molecule has 2 aromatic rings. The van der Waals surface area contributed by atoms with E-state index in [0.29, 0.717) is 36.8 Å². The van der Waals surface area contributed by atoms with Gasteiger partial charge in [-0.2, -0.15) is 5.26 Å². The maximum atomic E-state index is 12.5. The van der Waals surface area contributed by atoms with Gasteiger partial charge < -0.3 is 15.0 Å². The first-order valence-electron chi connectivity index (χ1n) is 8.04. The van der Waals surface area contributed by atoms with Gasteiger partial charge in [0, 0.05) is 17.3 Å². The van der Waals surface area contributed by atoms with Crippen molar-refractivity contribution < 1.29 is 9.53 Å². The van der Waals surface area contributed by atoms with E-state index in [1.54, 1.807) is 4.90 Å². The SMILES string of the molecule is N#CCc1ccc(NC(=O)N2CCOC(c3ccc(Cl)cc3)C2)cc1. The van der Waals surface area contributed by atoms with Crippen LogP contribution in [0.25, 0.3) is 0 Å². The molecule has 1 N–H and O–H groups in total. The number of morpholine rings is 1. The molecule has 1 heterocycles. The Bertz CT molecular complexity index is 769. The average molecular weight is 356 g/mol. The monoisotopic (exact) mass is 355 g/mol. The number of nitrogens with zero attached hydrogens (tertiary/aromatic N) is 2. The van der Waals surface area contributed by atoms with Crippen molar-refractivity contribution in [3.63, 3.8) is 0 Å². The molecule has 1 fully saturated rings. The van der Waals surface area contributed by atoms with E-state index in [-0.39, 0.29) is 12.1 Å². The molecule has 3 rings (SSSR count). The van der Waals surface area contributed by atoms with Gasteiger partial charge in [-0.15, -0.1) is 0 Å². The van der Waals surface area contributed by atoms with Gasteiger partial charge >= 0.3 is 6.03 Å². The number of amides is 2. The van der Waals surface area contributed by atoms with E-state index < -0.39 is 0 Å². The predicted molar refractivity (Wildman–Crippen MR) is 96.5 cm³/mol. The first-order chi connectivity index (χ1) is 12.2. The van der Waals surface area contributed by atoms with Gasteiger partial charge in [-0.3, -0.25) is 0 Å². The first-order valence-corrected chi connectivity index (χ1v) is 8.42. The van der Waals surface area contributed by atoms with Crippen molar-refractivity contribution in [3.05, 3.63) is 64.7 Å². The van der Waals surface area contributed by atoms with E-state index in [0.717, 1.165) is 11.1 Å². The number of anilines is 1. The van der Waals surface area contributed by atoms with E-state index in [1.165, 1.54) is 0 Å². The molecule has 2 aromatic carbocycles. The Kier molecular flexibility index (Phi) is 5.54. The summed E-state index contributed by atoms with van der Waals surface area (Å²) in [4.78, 5) is 14.2. The van der Waals surface area contributed by atoms with Crippen LogP contribution in [0.15, 0.2) is 48.5 Å². The van der Waals surface area contributed by atoms with Crippen molar-refractivity contribution in [3.8, 4) is 6.07 Å². The Balaban J connectivity index is 1.61. The number of ether oxygens (including phenoxy) is 1. The molecule has 0 spiro atoms. The molecule has 0 bridgehead atoms. The van der Waals surface area contributed by atoms with Crippen LogP contribution in [0.5, 0.6) is 0 Å². The van der Waals surface area contributed by atoms with Crippen LogP contribution >= 0.6 is 11.6 Å². The number of hydrogen-bond donors (Lipinski definition) is 1. The summed E-state index contributed by atoms with van der Waals surface area (Å²) in [6, 6.07) is 16.7. The molecule has 128 valence electrons. The molecule has 0 aromatic heterocycles. The molecule has 1 saturated heterocycles. The lowest BCUT2D eigenvalue weighted by Gasteiger charge is -2.33. The van der Waals surface area contributed by atoms with Gasteiger partial charge in [-0.05, 0) is 35.4 Å². The molecule has 25 heavy (non-hydrogen) atoms. The summed E-state index contributed by atoms with van der Waals surface area (Å²) >= 11 is 5.92. The molecule has 0 aliphatic carbocycles. The van der Waals surface area contributed by atoms with Crippen LogP contribution in [0.3, 0.4) is 0 Å². The second kappa shape index (κ2) is 8.02. The molecule has 0 saturated carbocycles. The Hall–Kier alpha value is -2.55. The lowest BCUT2D eigenvalue weighted by molar-refractivity contribution is -0.0135. The molecule has 1 unspecified atom stereocenters. The summed E-state index contributed by atoms with van der Waals surface area (Å²) in [5.74, 6) is 0. The van der Waals surface area contributed by atoms with Gasteiger partial charge in [-0.1, -0.05) is 35.9 Å².